The second-order valence-electron chi connectivity index (χ2n) is 6.10. The van der Waals surface area contributed by atoms with E-state index in [1.165, 1.54) is 25.9 Å². The lowest BCUT2D eigenvalue weighted by Crippen LogP contribution is -2.48. The lowest BCUT2D eigenvalue weighted by atomic mass is 10.0. The first-order valence-electron chi connectivity index (χ1n) is 7.12. The highest BCUT2D eigenvalue weighted by Gasteiger charge is 2.23. The Kier molecular flexibility index (Phi) is 6.45. The van der Waals surface area contributed by atoms with Gasteiger partial charge in [0, 0.05) is 18.6 Å². The van der Waals surface area contributed by atoms with E-state index in [1.54, 1.807) is 0 Å². The van der Waals surface area contributed by atoms with Gasteiger partial charge < -0.3 is 10.2 Å². The molecule has 0 aromatic carbocycles. The molecule has 102 valence electrons. The third-order valence-electron chi connectivity index (χ3n) is 3.95. The van der Waals surface area contributed by atoms with Gasteiger partial charge in [-0.25, -0.2) is 0 Å². The number of nitrogens with zero attached hydrogens (tertiary/aromatic N) is 2. The predicted molar refractivity (Wildman–Crippen MR) is 75.5 cm³/mol. The molecule has 3 nitrogen and oxygen atoms in total. The lowest BCUT2D eigenvalue weighted by Gasteiger charge is -2.38. The Bertz CT molecular complexity index is 198. The van der Waals surface area contributed by atoms with Crippen LogP contribution in [0.5, 0.6) is 0 Å². The molecule has 0 amide bonds. The molecule has 17 heavy (non-hydrogen) atoms. The minimum atomic E-state index is 0.641. The zero-order valence-electron chi connectivity index (χ0n) is 12.4. The van der Waals surface area contributed by atoms with Gasteiger partial charge in [-0.2, -0.15) is 0 Å². The van der Waals surface area contributed by atoms with Gasteiger partial charge in [0.2, 0.25) is 0 Å². The molecule has 0 bridgehead atoms. The molecule has 1 aliphatic heterocycles. The molecule has 1 fully saturated rings. The van der Waals surface area contributed by atoms with Crippen LogP contribution < -0.4 is 5.32 Å². The van der Waals surface area contributed by atoms with E-state index >= 15 is 0 Å². The third kappa shape index (κ3) is 5.36. The summed E-state index contributed by atoms with van der Waals surface area (Å²) in [4.78, 5) is 5.01. The fraction of sp³-hybridized carbons (Fsp3) is 1.00. The topological polar surface area (TPSA) is 18.5 Å². The number of hydrogen-bond acceptors (Lipinski definition) is 3. The highest BCUT2D eigenvalue weighted by atomic mass is 15.2. The van der Waals surface area contributed by atoms with E-state index in [0.717, 1.165) is 25.0 Å². The minimum absolute atomic E-state index is 0.641. The first kappa shape index (κ1) is 14.9. The molecule has 0 aliphatic carbocycles. The molecule has 0 aromatic heterocycles. The maximum absolute atomic E-state index is 3.56. The first-order valence-corrected chi connectivity index (χ1v) is 7.12. The van der Waals surface area contributed by atoms with E-state index in [-0.39, 0.29) is 0 Å². The van der Waals surface area contributed by atoms with Crippen LogP contribution in [0.2, 0.25) is 0 Å². The zero-order chi connectivity index (χ0) is 12.8. The van der Waals surface area contributed by atoms with Gasteiger partial charge in [0.05, 0.1) is 0 Å². The van der Waals surface area contributed by atoms with Crippen molar-refractivity contribution in [3.63, 3.8) is 0 Å². The van der Waals surface area contributed by atoms with Gasteiger partial charge >= 0.3 is 0 Å². The standard InChI is InChI=1S/C14H31N3/c1-12(2)10-15-11-13(3)17(5)14-6-8-16(4)9-7-14/h12-15H,6-11H2,1-5H3. The van der Waals surface area contributed by atoms with Crippen molar-refractivity contribution in [2.75, 3.05) is 40.3 Å². The summed E-state index contributed by atoms with van der Waals surface area (Å²) in [7, 11) is 4.52. The average Bonchev–Trinajstić information content (AvgIpc) is 2.28. The van der Waals surface area contributed by atoms with Crippen molar-refractivity contribution in [2.24, 2.45) is 5.92 Å². The van der Waals surface area contributed by atoms with Crippen molar-refractivity contribution in [2.45, 2.75) is 45.7 Å². The van der Waals surface area contributed by atoms with Crippen LogP contribution in [0.25, 0.3) is 0 Å². The molecule has 3 heteroatoms. The summed E-state index contributed by atoms with van der Waals surface area (Å²) in [6.07, 6.45) is 2.64. The van der Waals surface area contributed by atoms with Gasteiger partial charge in [0.15, 0.2) is 0 Å². The van der Waals surface area contributed by atoms with E-state index in [4.69, 9.17) is 0 Å². The SMILES string of the molecule is CC(C)CNCC(C)N(C)C1CCN(C)CC1. The molecule has 0 radical (unpaired) electrons. The number of hydrogen-bond donors (Lipinski definition) is 1. The quantitative estimate of drug-likeness (QED) is 0.763. The van der Waals surface area contributed by atoms with Gasteiger partial charge in [-0.3, -0.25) is 4.90 Å². The fourth-order valence-corrected chi connectivity index (χ4v) is 2.49. The van der Waals surface area contributed by atoms with E-state index in [1.807, 2.05) is 0 Å². The van der Waals surface area contributed by atoms with Crippen molar-refractivity contribution in [1.29, 1.82) is 0 Å². The summed E-state index contributed by atoms with van der Waals surface area (Å²) in [6, 6.07) is 1.42. The lowest BCUT2D eigenvalue weighted by molar-refractivity contribution is 0.112. The van der Waals surface area contributed by atoms with E-state index in [9.17, 15) is 0 Å². The van der Waals surface area contributed by atoms with Gasteiger partial charge in [0.1, 0.15) is 0 Å². The Morgan fingerprint density at radius 1 is 1.18 bits per heavy atom. The van der Waals surface area contributed by atoms with E-state index in [0.29, 0.717) is 6.04 Å². The maximum Gasteiger partial charge on any atom is 0.0192 e. The second kappa shape index (κ2) is 7.34. The summed E-state index contributed by atoms with van der Waals surface area (Å²) in [5.74, 6) is 0.746. The number of piperidine rings is 1. The highest BCUT2D eigenvalue weighted by molar-refractivity contribution is 4.80. The Morgan fingerprint density at radius 3 is 2.29 bits per heavy atom. The van der Waals surface area contributed by atoms with Gasteiger partial charge in [0.25, 0.3) is 0 Å². The molecular weight excluding hydrogens is 210 g/mol. The summed E-state index contributed by atoms with van der Waals surface area (Å²) in [5.41, 5.74) is 0. The molecule has 1 unspecified atom stereocenters. The van der Waals surface area contributed by atoms with Crippen molar-refractivity contribution in [1.82, 2.24) is 15.1 Å². The normalized spacial score (nSPS) is 21.4. The Labute approximate surface area is 108 Å². The van der Waals surface area contributed by atoms with Crippen LogP contribution >= 0.6 is 0 Å². The molecule has 0 saturated carbocycles. The maximum atomic E-state index is 3.56. The molecular formula is C14H31N3. The number of likely N-dealkylation sites (N-methyl/N-ethyl adjacent to an activating group) is 1. The van der Waals surface area contributed by atoms with Crippen molar-refractivity contribution >= 4 is 0 Å². The molecule has 0 spiro atoms. The van der Waals surface area contributed by atoms with Crippen molar-refractivity contribution < 1.29 is 0 Å². The molecule has 1 rings (SSSR count). The second-order valence-corrected chi connectivity index (χ2v) is 6.10. The Balaban J connectivity index is 2.23. The highest BCUT2D eigenvalue weighted by Crippen LogP contribution is 2.15. The van der Waals surface area contributed by atoms with Crippen LogP contribution in [0.15, 0.2) is 0 Å². The molecule has 0 aromatic rings. The summed E-state index contributed by atoms with van der Waals surface area (Å²) < 4.78 is 0. The Morgan fingerprint density at radius 2 is 1.76 bits per heavy atom. The van der Waals surface area contributed by atoms with Crippen LogP contribution in [0.3, 0.4) is 0 Å². The van der Waals surface area contributed by atoms with E-state index in [2.05, 4.69) is 50.0 Å². The molecule has 1 aliphatic rings. The summed E-state index contributed by atoms with van der Waals surface area (Å²) in [6.45, 7) is 11.6. The van der Waals surface area contributed by atoms with Crippen molar-refractivity contribution in [3.8, 4) is 0 Å². The summed E-state index contributed by atoms with van der Waals surface area (Å²) >= 11 is 0. The van der Waals surface area contributed by atoms with Crippen molar-refractivity contribution in [3.05, 3.63) is 0 Å². The third-order valence-corrected chi connectivity index (χ3v) is 3.95. The van der Waals surface area contributed by atoms with Crippen LogP contribution in [-0.2, 0) is 0 Å². The molecule has 1 N–H and O–H groups in total. The van der Waals surface area contributed by atoms with Crippen LogP contribution in [0.4, 0.5) is 0 Å². The van der Waals surface area contributed by atoms with Gasteiger partial charge in [-0.15, -0.1) is 0 Å². The number of rotatable bonds is 6. The number of likely N-dealkylation sites (tertiary alicyclic amines) is 1. The molecule has 1 heterocycles. The Hall–Kier alpha value is -0.120. The smallest absolute Gasteiger partial charge is 0.0192 e. The van der Waals surface area contributed by atoms with Crippen LogP contribution in [-0.4, -0.2) is 62.2 Å². The fourth-order valence-electron chi connectivity index (χ4n) is 2.49. The van der Waals surface area contributed by atoms with E-state index < -0.39 is 0 Å². The van der Waals surface area contributed by atoms with Crippen LogP contribution in [0, 0.1) is 5.92 Å². The monoisotopic (exact) mass is 241 g/mol. The van der Waals surface area contributed by atoms with Crippen LogP contribution in [0.1, 0.15) is 33.6 Å². The number of nitrogens with one attached hydrogen (secondary N) is 1. The van der Waals surface area contributed by atoms with Gasteiger partial charge in [-0.1, -0.05) is 13.8 Å². The minimum Gasteiger partial charge on any atom is -0.315 e. The average molecular weight is 241 g/mol. The zero-order valence-corrected chi connectivity index (χ0v) is 12.4. The predicted octanol–water partition coefficient (Wildman–Crippen LogP) is 1.65. The first-order chi connectivity index (χ1) is 8.00. The largest absolute Gasteiger partial charge is 0.315 e. The van der Waals surface area contributed by atoms with Gasteiger partial charge in [-0.05, 0) is 59.4 Å². The summed E-state index contributed by atoms with van der Waals surface area (Å²) in [5, 5.41) is 3.56. The molecule has 1 saturated heterocycles. The molecule has 1 atom stereocenters.